The van der Waals surface area contributed by atoms with Crippen molar-refractivity contribution in [3.05, 3.63) is 47.5 Å². The highest BCUT2D eigenvalue weighted by Gasteiger charge is 2.48. The Kier molecular flexibility index (Phi) is 5.59. The molecular weight excluding hydrogens is 424 g/mol. The number of fused-ring (bicyclic) bond motifs is 1. The lowest BCUT2D eigenvalue weighted by atomic mass is 9.88. The smallest absolute Gasteiger partial charge is 0.253 e. The summed E-state index contributed by atoms with van der Waals surface area (Å²) in [5.41, 5.74) is 0.727. The molecule has 0 atom stereocenters. The summed E-state index contributed by atoms with van der Waals surface area (Å²) < 4.78 is 27.4. The summed E-state index contributed by atoms with van der Waals surface area (Å²) in [7, 11) is -3.60. The third-order valence-electron chi connectivity index (χ3n) is 6.98. The molecule has 0 unspecified atom stereocenters. The predicted octanol–water partition coefficient (Wildman–Crippen LogP) is 3.48. The van der Waals surface area contributed by atoms with E-state index in [4.69, 9.17) is 4.99 Å². The third-order valence-corrected chi connectivity index (χ3v) is 8.55. The van der Waals surface area contributed by atoms with Crippen LogP contribution in [0.2, 0.25) is 0 Å². The van der Waals surface area contributed by atoms with Gasteiger partial charge < -0.3 is 5.32 Å². The molecule has 2 aromatic rings. The van der Waals surface area contributed by atoms with E-state index in [2.05, 4.69) is 10.3 Å². The van der Waals surface area contributed by atoms with E-state index in [1.165, 1.54) is 29.0 Å². The number of carbonyl (C=O) groups is 1. The molecule has 3 aliphatic rings. The van der Waals surface area contributed by atoms with Crippen LogP contribution in [0.1, 0.15) is 50.5 Å². The topological polar surface area (TPSA) is 91.7 Å². The molecular formula is C24H28N4O3S. The molecule has 1 amide bonds. The van der Waals surface area contributed by atoms with E-state index in [9.17, 15) is 13.2 Å². The van der Waals surface area contributed by atoms with Crippen molar-refractivity contribution in [2.24, 2.45) is 10.9 Å². The highest BCUT2D eigenvalue weighted by molar-refractivity contribution is 7.92. The van der Waals surface area contributed by atoms with Gasteiger partial charge in [-0.25, -0.2) is 8.42 Å². The molecule has 2 fully saturated rings. The summed E-state index contributed by atoms with van der Waals surface area (Å²) in [5.74, 6) is 1.10. The van der Waals surface area contributed by atoms with Crippen molar-refractivity contribution in [3.63, 3.8) is 0 Å². The van der Waals surface area contributed by atoms with Crippen molar-refractivity contribution in [3.8, 4) is 0 Å². The number of hydrogen-bond acceptors (Lipinski definition) is 5. The van der Waals surface area contributed by atoms with Crippen molar-refractivity contribution < 1.29 is 13.2 Å². The first-order chi connectivity index (χ1) is 15.5. The second-order valence-corrected chi connectivity index (χ2v) is 10.8. The quantitative estimate of drug-likeness (QED) is 0.769. The number of piperidine rings is 1. The molecule has 1 aliphatic carbocycles. The van der Waals surface area contributed by atoms with Crippen molar-refractivity contribution in [2.45, 2.75) is 50.5 Å². The van der Waals surface area contributed by atoms with Gasteiger partial charge in [0.1, 0.15) is 11.4 Å². The van der Waals surface area contributed by atoms with Gasteiger partial charge in [-0.2, -0.15) is 4.31 Å². The maximum absolute atomic E-state index is 13.0. The molecule has 1 N–H and O–H groups in total. The molecule has 5 rings (SSSR count). The van der Waals surface area contributed by atoms with E-state index in [-0.39, 0.29) is 19.0 Å². The molecule has 1 saturated carbocycles. The van der Waals surface area contributed by atoms with Crippen LogP contribution in [0.4, 0.5) is 0 Å². The number of amidine groups is 1. The number of rotatable bonds is 4. The largest absolute Gasteiger partial charge is 0.312 e. The lowest BCUT2D eigenvalue weighted by molar-refractivity contribution is -0.124. The number of sulfonamides is 1. The molecule has 0 bridgehead atoms. The summed E-state index contributed by atoms with van der Waals surface area (Å²) in [5, 5.41) is 5.24. The van der Waals surface area contributed by atoms with Crippen molar-refractivity contribution in [2.75, 3.05) is 13.1 Å². The van der Waals surface area contributed by atoms with Crippen LogP contribution < -0.4 is 5.32 Å². The lowest BCUT2D eigenvalue weighted by Gasteiger charge is -2.34. The van der Waals surface area contributed by atoms with Crippen LogP contribution in [0.5, 0.6) is 0 Å². The van der Waals surface area contributed by atoms with Crippen LogP contribution in [-0.2, 0) is 14.8 Å². The zero-order chi connectivity index (χ0) is 22.2. The molecule has 7 nitrogen and oxygen atoms in total. The van der Waals surface area contributed by atoms with Gasteiger partial charge in [0.2, 0.25) is 10.0 Å². The van der Waals surface area contributed by atoms with Gasteiger partial charge in [-0.1, -0.05) is 43.5 Å². The minimum Gasteiger partial charge on any atom is -0.312 e. The Morgan fingerprint density at radius 1 is 1.06 bits per heavy atom. The summed E-state index contributed by atoms with van der Waals surface area (Å²) in [6.07, 6.45) is 9.89. The number of hydrogen-bond donors (Lipinski definition) is 1. The lowest BCUT2D eigenvalue weighted by Crippen LogP contribution is -2.50. The minimum absolute atomic E-state index is 0.0625. The average Bonchev–Trinajstić information content (AvgIpc) is 3.14. The minimum atomic E-state index is -3.60. The first kappa shape index (κ1) is 21.3. The number of carbonyl (C=O) groups excluding carboxylic acids is 1. The molecule has 8 heteroatoms. The number of para-hydroxylation sites is 1. The first-order valence-corrected chi connectivity index (χ1v) is 12.9. The highest BCUT2D eigenvalue weighted by Crippen LogP contribution is 2.35. The molecule has 168 valence electrons. The molecule has 1 spiro atoms. The van der Waals surface area contributed by atoms with E-state index >= 15 is 0 Å². The van der Waals surface area contributed by atoms with E-state index in [0.717, 1.165) is 35.1 Å². The molecule has 3 heterocycles. The highest BCUT2D eigenvalue weighted by atomic mass is 32.2. The first-order valence-electron chi connectivity index (χ1n) is 11.4. The van der Waals surface area contributed by atoms with Crippen LogP contribution in [-0.4, -0.2) is 48.1 Å². The van der Waals surface area contributed by atoms with E-state index in [0.29, 0.717) is 18.8 Å². The maximum Gasteiger partial charge on any atom is 0.253 e. The molecule has 2 aliphatic heterocycles. The zero-order valence-electron chi connectivity index (χ0n) is 18.0. The number of aromatic nitrogens is 1. The second kappa shape index (κ2) is 8.41. The van der Waals surface area contributed by atoms with Gasteiger partial charge in [0.05, 0.1) is 5.52 Å². The van der Waals surface area contributed by atoms with Crippen LogP contribution in [0.15, 0.2) is 46.9 Å². The van der Waals surface area contributed by atoms with Crippen LogP contribution in [0.25, 0.3) is 17.0 Å². The van der Waals surface area contributed by atoms with Gasteiger partial charge in [-0.15, -0.1) is 0 Å². The van der Waals surface area contributed by atoms with Crippen LogP contribution in [0, 0.1) is 5.92 Å². The Labute approximate surface area is 188 Å². The number of amides is 1. The Bertz CT molecular complexity index is 1190. The molecule has 1 aromatic carbocycles. The van der Waals surface area contributed by atoms with Gasteiger partial charge in [-0.05, 0) is 37.8 Å². The van der Waals surface area contributed by atoms with Gasteiger partial charge in [0, 0.05) is 41.6 Å². The normalized spacial score (nSPS) is 22.5. The molecule has 1 aromatic heterocycles. The Hall–Kier alpha value is -2.58. The van der Waals surface area contributed by atoms with Crippen molar-refractivity contribution >= 4 is 38.7 Å². The number of aliphatic imine (C=N–C) groups is 1. The van der Waals surface area contributed by atoms with Gasteiger partial charge >= 0.3 is 0 Å². The number of nitrogens with zero attached hydrogens (tertiary/aromatic N) is 3. The Morgan fingerprint density at radius 3 is 2.59 bits per heavy atom. The summed E-state index contributed by atoms with van der Waals surface area (Å²) in [6, 6.07) is 9.51. The van der Waals surface area contributed by atoms with E-state index < -0.39 is 15.6 Å². The van der Waals surface area contributed by atoms with Gasteiger partial charge in [0.25, 0.3) is 5.91 Å². The second-order valence-electron chi connectivity index (χ2n) is 8.99. The average molecular weight is 453 g/mol. The fraction of sp³-hybridized carbons (Fsp3) is 0.458. The Morgan fingerprint density at radius 2 is 1.81 bits per heavy atom. The molecule has 32 heavy (non-hydrogen) atoms. The van der Waals surface area contributed by atoms with Crippen LogP contribution >= 0.6 is 0 Å². The molecule has 1 saturated heterocycles. The summed E-state index contributed by atoms with van der Waals surface area (Å²) in [4.78, 5) is 22.0. The van der Waals surface area contributed by atoms with Gasteiger partial charge in [-0.3, -0.25) is 14.8 Å². The van der Waals surface area contributed by atoms with Crippen LogP contribution in [0.3, 0.4) is 0 Å². The predicted molar refractivity (Wildman–Crippen MR) is 125 cm³/mol. The van der Waals surface area contributed by atoms with Gasteiger partial charge in [0.15, 0.2) is 0 Å². The maximum atomic E-state index is 13.0. The number of pyridine rings is 1. The third kappa shape index (κ3) is 3.97. The number of benzene rings is 1. The standard InChI is InChI=1S/C24H28N4O3S/c29-23-24(27-22(26-23)20-6-2-1-3-7-20)12-15-28(16-13-24)32(30,31)17-11-19-9-4-8-18-10-5-14-25-21(18)19/h4-5,8-11,14,17,20H,1-3,6-7,12-13,15-16H2,(H,26,27,29)/b17-11+. The van der Waals surface area contributed by atoms with E-state index in [1.807, 2.05) is 30.3 Å². The van der Waals surface area contributed by atoms with Crippen molar-refractivity contribution in [1.29, 1.82) is 0 Å². The zero-order valence-corrected chi connectivity index (χ0v) is 18.9. The molecule has 0 radical (unpaired) electrons. The summed E-state index contributed by atoms with van der Waals surface area (Å²) >= 11 is 0. The fourth-order valence-electron chi connectivity index (χ4n) is 5.07. The monoisotopic (exact) mass is 452 g/mol. The van der Waals surface area contributed by atoms with Crippen molar-refractivity contribution in [1.82, 2.24) is 14.6 Å². The SMILES string of the molecule is O=C1NC(C2CCCCC2)=NC12CCN(S(=O)(=O)/C=C/c1cccc3cccnc13)CC2. The summed E-state index contributed by atoms with van der Waals surface area (Å²) in [6.45, 7) is 0.574. The fourth-order valence-corrected chi connectivity index (χ4v) is 6.25. The van der Waals surface area contributed by atoms with E-state index in [1.54, 1.807) is 12.3 Å². The number of nitrogens with one attached hydrogen (secondary N) is 1. The Balaban J connectivity index is 1.29.